The van der Waals surface area contributed by atoms with Crippen molar-refractivity contribution in [1.29, 1.82) is 0 Å². The monoisotopic (exact) mass is 356 g/mol. The van der Waals surface area contributed by atoms with E-state index in [1.54, 1.807) is 28.7 Å². The summed E-state index contributed by atoms with van der Waals surface area (Å²) in [6, 6.07) is 5.39. The van der Waals surface area contributed by atoms with Crippen molar-refractivity contribution < 1.29 is 0 Å². The number of nitrogens with zero attached hydrogens (tertiary/aromatic N) is 6. The lowest BCUT2D eigenvalue weighted by atomic mass is 10.1. The number of rotatable bonds is 3. The summed E-state index contributed by atoms with van der Waals surface area (Å²) in [5.41, 5.74) is 2.08. The Morgan fingerprint density at radius 3 is 2.84 bits per heavy atom. The third-order valence-corrected chi connectivity index (χ3v) is 4.50. The van der Waals surface area contributed by atoms with Gasteiger partial charge in [0.2, 0.25) is 0 Å². The van der Waals surface area contributed by atoms with Crippen molar-refractivity contribution in [3.8, 4) is 5.82 Å². The SMILES string of the molecule is CC(C)Cc1cn(-c2ncn3c4cccc(Cl)c4c(=O)n(C)c23)nn1. The number of aromatic nitrogens is 6. The van der Waals surface area contributed by atoms with E-state index in [-0.39, 0.29) is 5.56 Å². The third kappa shape index (κ3) is 2.42. The molecule has 0 N–H and O–H groups in total. The average Bonchev–Trinajstić information content (AvgIpc) is 3.18. The fraction of sp³-hybridized carbons (Fsp3) is 0.294. The molecule has 3 heterocycles. The minimum atomic E-state index is -0.169. The highest BCUT2D eigenvalue weighted by atomic mass is 35.5. The molecule has 4 aromatic rings. The van der Waals surface area contributed by atoms with Crippen LogP contribution >= 0.6 is 11.6 Å². The Bertz CT molecular complexity index is 1150. The second-order valence-corrected chi connectivity index (χ2v) is 6.92. The molecule has 7 nitrogen and oxygen atoms in total. The normalized spacial score (nSPS) is 11.9. The van der Waals surface area contributed by atoms with Crippen molar-refractivity contribution in [2.75, 3.05) is 0 Å². The van der Waals surface area contributed by atoms with Crippen LogP contribution in [0.4, 0.5) is 0 Å². The third-order valence-electron chi connectivity index (χ3n) is 4.19. The number of hydrogen-bond acceptors (Lipinski definition) is 4. The number of imidazole rings is 1. The molecular weight excluding hydrogens is 340 g/mol. The summed E-state index contributed by atoms with van der Waals surface area (Å²) >= 11 is 6.24. The van der Waals surface area contributed by atoms with Crippen LogP contribution in [0.3, 0.4) is 0 Å². The quantitative estimate of drug-likeness (QED) is 0.565. The lowest BCUT2D eigenvalue weighted by molar-refractivity contribution is 0.633. The Morgan fingerprint density at radius 2 is 2.08 bits per heavy atom. The van der Waals surface area contributed by atoms with Gasteiger partial charge in [-0.25, -0.2) is 4.98 Å². The van der Waals surface area contributed by atoms with Gasteiger partial charge in [-0.15, -0.1) is 5.10 Å². The van der Waals surface area contributed by atoms with Crippen molar-refractivity contribution in [2.45, 2.75) is 20.3 Å². The Balaban J connectivity index is 2.00. The zero-order valence-corrected chi connectivity index (χ0v) is 14.9. The van der Waals surface area contributed by atoms with Gasteiger partial charge in [0.05, 0.1) is 27.8 Å². The van der Waals surface area contributed by atoms with Crippen LogP contribution in [0.15, 0.2) is 35.5 Å². The molecule has 0 amide bonds. The molecule has 0 aliphatic heterocycles. The Hall–Kier alpha value is -2.67. The van der Waals surface area contributed by atoms with Crippen LogP contribution < -0.4 is 5.56 Å². The molecule has 4 rings (SSSR count). The molecule has 0 bridgehead atoms. The standard InChI is InChI=1S/C17H17ClN6O/c1-10(2)7-11-8-24(21-20-11)15-16-22(3)17(25)14-12(18)5-4-6-13(14)23(16)9-19-15/h4-6,8-10H,7H2,1-3H3. The van der Waals surface area contributed by atoms with Crippen molar-refractivity contribution in [1.82, 2.24) is 28.9 Å². The first-order chi connectivity index (χ1) is 12.0. The predicted molar refractivity (Wildman–Crippen MR) is 96.4 cm³/mol. The van der Waals surface area contributed by atoms with Crippen LogP contribution in [0, 0.1) is 5.92 Å². The van der Waals surface area contributed by atoms with Gasteiger partial charge in [-0.2, -0.15) is 4.68 Å². The van der Waals surface area contributed by atoms with Gasteiger partial charge in [0, 0.05) is 7.05 Å². The lowest BCUT2D eigenvalue weighted by Crippen LogP contribution is -2.20. The Morgan fingerprint density at radius 1 is 1.28 bits per heavy atom. The van der Waals surface area contributed by atoms with Gasteiger partial charge in [-0.3, -0.25) is 13.8 Å². The molecule has 0 aliphatic rings. The van der Waals surface area contributed by atoms with Gasteiger partial charge in [-0.05, 0) is 24.5 Å². The summed E-state index contributed by atoms with van der Waals surface area (Å²) < 4.78 is 5.00. The number of aryl methyl sites for hydroxylation is 1. The maximum Gasteiger partial charge on any atom is 0.262 e. The molecule has 1 aromatic carbocycles. The van der Waals surface area contributed by atoms with Crippen LogP contribution in [0.2, 0.25) is 5.02 Å². The molecule has 0 unspecified atom stereocenters. The van der Waals surface area contributed by atoms with Crippen molar-refractivity contribution in [2.24, 2.45) is 13.0 Å². The van der Waals surface area contributed by atoms with Crippen molar-refractivity contribution in [3.63, 3.8) is 0 Å². The molecule has 0 fully saturated rings. The van der Waals surface area contributed by atoms with Crippen LogP contribution in [0.1, 0.15) is 19.5 Å². The van der Waals surface area contributed by atoms with E-state index in [2.05, 4.69) is 29.1 Å². The topological polar surface area (TPSA) is 70.0 Å². The molecule has 0 radical (unpaired) electrons. The summed E-state index contributed by atoms with van der Waals surface area (Å²) in [5.74, 6) is 1.04. The highest BCUT2D eigenvalue weighted by Gasteiger charge is 2.17. The van der Waals surface area contributed by atoms with E-state index in [1.807, 2.05) is 22.7 Å². The number of hydrogen-bond donors (Lipinski definition) is 0. The first-order valence-electron chi connectivity index (χ1n) is 8.03. The molecule has 8 heteroatoms. The highest BCUT2D eigenvalue weighted by Crippen LogP contribution is 2.23. The molecule has 128 valence electrons. The molecule has 0 saturated heterocycles. The van der Waals surface area contributed by atoms with Gasteiger partial charge in [-0.1, -0.05) is 36.7 Å². The first-order valence-corrected chi connectivity index (χ1v) is 8.41. The summed E-state index contributed by atoms with van der Waals surface area (Å²) in [6.45, 7) is 4.26. The lowest BCUT2D eigenvalue weighted by Gasteiger charge is -2.09. The fourth-order valence-corrected chi connectivity index (χ4v) is 3.34. The summed E-state index contributed by atoms with van der Waals surface area (Å²) in [5, 5.41) is 9.28. The fourth-order valence-electron chi connectivity index (χ4n) is 3.08. The number of halogens is 1. The Labute approximate surface area is 148 Å². The van der Waals surface area contributed by atoms with E-state index < -0.39 is 0 Å². The van der Waals surface area contributed by atoms with Crippen molar-refractivity contribution >= 4 is 28.2 Å². The smallest absolute Gasteiger partial charge is 0.262 e. The van der Waals surface area contributed by atoms with Crippen LogP contribution in [0.25, 0.3) is 22.4 Å². The van der Waals surface area contributed by atoms with Crippen molar-refractivity contribution in [3.05, 3.63) is 51.8 Å². The maximum absolute atomic E-state index is 12.8. The van der Waals surface area contributed by atoms with Gasteiger partial charge in [0.1, 0.15) is 6.33 Å². The van der Waals surface area contributed by atoms with Crippen LogP contribution in [-0.2, 0) is 13.5 Å². The van der Waals surface area contributed by atoms with Gasteiger partial charge in [0.15, 0.2) is 11.5 Å². The number of fused-ring (bicyclic) bond motifs is 3. The zero-order valence-electron chi connectivity index (χ0n) is 14.1. The Kier molecular flexibility index (Phi) is 3.61. The largest absolute Gasteiger partial charge is 0.294 e. The number of benzene rings is 1. The molecule has 0 aliphatic carbocycles. The van der Waals surface area contributed by atoms with E-state index >= 15 is 0 Å². The molecular formula is C17H17ClN6O. The van der Waals surface area contributed by atoms with Crippen LogP contribution in [-0.4, -0.2) is 28.9 Å². The summed E-state index contributed by atoms with van der Waals surface area (Å²) in [6.07, 6.45) is 4.37. The summed E-state index contributed by atoms with van der Waals surface area (Å²) in [7, 11) is 1.71. The predicted octanol–water partition coefficient (Wildman–Crippen LogP) is 2.62. The minimum absolute atomic E-state index is 0.169. The molecule has 0 atom stereocenters. The first kappa shape index (κ1) is 15.8. The van der Waals surface area contributed by atoms with E-state index in [0.717, 1.165) is 12.1 Å². The highest BCUT2D eigenvalue weighted by molar-refractivity contribution is 6.35. The van der Waals surface area contributed by atoms with Gasteiger partial charge >= 0.3 is 0 Å². The molecule has 3 aromatic heterocycles. The second kappa shape index (κ2) is 5.70. The van der Waals surface area contributed by atoms with Gasteiger partial charge < -0.3 is 0 Å². The molecule has 0 saturated carbocycles. The van der Waals surface area contributed by atoms with E-state index in [1.165, 1.54) is 0 Å². The second-order valence-electron chi connectivity index (χ2n) is 6.51. The van der Waals surface area contributed by atoms with E-state index in [0.29, 0.717) is 33.3 Å². The summed E-state index contributed by atoms with van der Waals surface area (Å²) in [4.78, 5) is 17.2. The van der Waals surface area contributed by atoms with E-state index in [9.17, 15) is 4.79 Å². The molecule has 0 spiro atoms. The maximum atomic E-state index is 12.8. The van der Waals surface area contributed by atoms with Crippen LogP contribution in [0.5, 0.6) is 0 Å². The minimum Gasteiger partial charge on any atom is -0.294 e. The average molecular weight is 357 g/mol. The van der Waals surface area contributed by atoms with E-state index in [4.69, 9.17) is 11.6 Å². The molecule has 25 heavy (non-hydrogen) atoms. The zero-order chi connectivity index (χ0) is 17.7. The van der Waals surface area contributed by atoms with Gasteiger partial charge in [0.25, 0.3) is 5.56 Å².